The Kier molecular flexibility index (Phi) is 6.44. The molecule has 1 N–H and O–H groups in total. The normalized spacial score (nSPS) is 12.0. The Bertz CT molecular complexity index is 755. The van der Waals surface area contributed by atoms with Crippen molar-refractivity contribution in [1.82, 2.24) is 9.88 Å². The number of likely N-dealkylation sites (N-methyl/N-ethyl adjacent to an activating group) is 1. The van der Waals surface area contributed by atoms with Crippen molar-refractivity contribution >= 4 is 28.9 Å². The number of hydrogen-bond acceptors (Lipinski definition) is 5. The predicted molar refractivity (Wildman–Crippen MR) is 96.6 cm³/mol. The average Bonchev–Trinajstić information content (AvgIpc) is 2.61. The van der Waals surface area contributed by atoms with Gasteiger partial charge in [0.15, 0.2) is 0 Å². The molecule has 25 heavy (non-hydrogen) atoms. The molecule has 1 atom stereocenters. The van der Waals surface area contributed by atoms with E-state index in [0.29, 0.717) is 12.2 Å². The molecule has 8 heteroatoms. The molecule has 0 spiro atoms. The first-order valence-electron chi connectivity index (χ1n) is 7.80. The number of non-ortho nitro benzene ring substituents is 1. The van der Waals surface area contributed by atoms with Crippen LogP contribution in [0.2, 0.25) is 5.02 Å². The maximum Gasteiger partial charge on any atom is 0.271 e. The maximum absolute atomic E-state index is 12.3. The van der Waals surface area contributed by atoms with Gasteiger partial charge < -0.3 is 5.32 Å². The summed E-state index contributed by atoms with van der Waals surface area (Å²) in [6.07, 6.45) is 3.48. The second-order valence-corrected chi connectivity index (χ2v) is 5.90. The number of nitro groups is 1. The third-order valence-electron chi connectivity index (χ3n) is 3.90. The molecule has 1 aromatic heterocycles. The van der Waals surface area contributed by atoms with Crippen molar-refractivity contribution in [3.63, 3.8) is 0 Å². The van der Waals surface area contributed by atoms with Gasteiger partial charge in [-0.15, -0.1) is 0 Å². The first-order valence-corrected chi connectivity index (χ1v) is 8.18. The van der Waals surface area contributed by atoms with Crippen LogP contribution in [0, 0.1) is 10.1 Å². The summed E-state index contributed by atoms with van der Waals surface area (Å²) in [5.74, 6) is -0.242. The highest BCUT2D eigenvalue weighted by Gasteiger charge is 2.18. The first-order chi connectivity index (χ1) is 11.9. The van der Waals surface area contributed by atoms with Gasteiger partial charge in [0.1, 0.15) is 0 Å². The van der Waals surface area contributed by atoms with Crippen molar-refractivity contribution in [3.8, 4) is 0 Å². The zero-order chi connectivity index (χ0) is 18.4. The van der Waals surface area contributed by atoms with E-state index >= 15 is 0 Å². The van der Waals surface area contributed by atoms with Gasteiger partial charge in [0.05, 0.1) is 22.2 Å². The zero-order valence-corrected chi connectivity index (χ0v) is 14.7. The van der Waals surface area contributed by atoms with Crippen LogP contribution in [0.15, 0.2) is 42.7 Å². The van der Waals surface area contributed by atoms with E-state index in [2.05, 4.69) is 10.3 Å². The second-order valence-electron chi connectivity index (χ2n) is 5.49. The summed E-state index contributed by atoms with van der Waals surface area (Å²) in [5.41, 5.74) is 1.25. The van der Waals surface area contributed by atoms with E-state index in [1.165, 1.54) is 18.2 Å². The van der Waals surface area contributed by atoms with E-state index in [1.54, 1.807) is 12.4 Å². The summed E-state index contributed by atoms with van der Waals surface area (Å²) in [6.45, 7) is 4.82. The SMILES string of the molecule is CCN(CC(=O)Nc1ccc([N+](=O)[O-])cc1Cl)C(C)c1cccnc1. The fraction of sp³-hybridized carbons (Fsp3) is 0.294. The van der Waals surface area contributed by atoms with Crippen LogP contribution in [-0.4, -0.2) is 33.8 Å². The van der Waals surface area contributed by atoms with Gasteiger partial charge in [0.2, 0.25) is 5.91 Å². The van der Waals surface area contributed by atoms with Crippen molar-refractivity contribution in [2.75, 3.05) is 18.4 Å². The van der Waals surface area contributed by atoms with Gasteiger partial charge in [-0.25, -0.2) is 0 Å². The number of pyridine rings is 1. The standard InChI is InChI=1S/C17H19ClN4O3/c1-3-21(12(2)13-5-4-8-19-10-13)11-17(23)20-16-7-6-14(22(24)25)9-15(16)18/h4-10,12H,3,11H2,1-2H3,(H,20,23). The van der Waals surface area contributed by atoms with Gasteiger partial charge in [-0.05, 0) is 31.2 Å². The number of hydrogen-bond donors (Lipinski definition) is 1. The van der Waals surface area contributed by atoms with E-state index in [9.17, 15) is 14.9 Å². The minimum Gasteiger partial charge on any atom is -0.324 e. The number of benzene rings is 1. The van der Waals surface area contributed by atoms with Crippen LogP contribution in [0.5, 0.6) is 0 Å². The molecule has 0 radical (unpaired) electrons. The molecule has 0 bridgehead atoms. The Morgan fingerprint density at radius 1 is 1.44 bits per heavy atom. The second kappa shape index (κ2) is 8.55. The fourth-order valence-corrected chi connectivity index (χ4v) is 2.67. The average molecular weight is 363 g/mol. The van der Waals surface area contributed by atoms with E-state index in [4.69, 9.17) is 11.6 Å². The van der Waals surface area contributed by atoms with Crippen LogP contribution < -0.4 is 5.32 Å². The van der Waals surface area contributed by atoms with Crippen LogP contribution in [0.25, 0.3) is 0 Å². The molecule has 2 rings (SSSR count). The fourth-order valence-electron chi connectivity index (χ4n) is 2.45. The minimum atomic E-state index is -0.536. The number of carbonyl (C=O) groups excluding carboxylic acids is 1. The summed E-state index contributed by atoms with van der Waals surface area (Å²) in [6, 6.07) is 7.79. The van der Waals surface area contributed by atoms with Crippen LogP contribution in [0.1, 0.15) is 25.5 Å². The van der Waals surface area contributed by atoms with Crippen molar-refractivity contribution < 1.29 is 9.72 Å². The number of aromatic nitrogens is 1. The summed E-state index contributed by atoms with van der Waals surface area (Å²) in [5, 5.41) is 13.6. The van der Waals surface area contributed by atoms with Crippen LogP contribution in [-0.2, 0) is 4.79 Å². The Morgan fingerprint density at radius 3 is 2.76 bits per heavy atom. The quantitative estimate of drug-likeness (QED) is 0.599. The Hall–Kier alpha value is -2.51. The molecule has 0 saturated heterocycles. The lowest BCUT2D eigenvalue weighted by Crippen LogP contribution is -2.35. The summed E-state index contributed by atoms with van der Waals surface area (Å²) in [7, 11) is 0. The molecular weight excluding hydrogens is 344 g/mol. The predicted octanol–water partition coefficient (Wildman–Crippen LogP) is 3.66. The Morgan fingerprint density at radius 2 is 2.20 bits per heavy atom. The zero-order valence-electron chi connectivity index (χ0n) is 14.0. The number of carbonyl (C=O) groups is 1. The Labute approximate surface area is 150 Å². The molecule has 0 aliphatic carbocycles. The van der Waals surface area contributed by atoms with Gasteiger partial charge >= 0.3 is 0 Å². The van der Waals surface area contributed by atoms with Crippen molar-refractivity contribution in [1.29, 1.82) is 0 Å². The van der Waals surface area contributed by atoms with Crippen molar-refractivity contribution in [2.24, 2.45) is 0 Å². The molecule has 7 nitrogen and oxygen atoms in total. The molecule has 1 heterocycles. The highest BCUT2D eigenvalue weighted by molar-refractivity contribution is 6.34. The number of rotatable bonds is 7. The molecule has 1 amide bonds. The number of nitro benzene ring substituents is 1. The lowest BCUT2D eigenvalue weighted by molar-refractivity contribution is -0.384. The van der Waals surface area contributed by atoms with E-state index in [-0.39, 0.29) is 29.2 Å². The summed E-state index contributed by atoms with van der Waals surface area (Å²) >= 11 is 6.01. The number of halogens is 1. The number of nitrogens with zero attached hydrogens (tertiary/aromatic N) is 3. The van der Waals surface area contributed by atoms with Gasteiger partial charge in [-0.2, -0.15) is 0 Å². The third kappa shape index (κ3) is 4.98. The van der Waals surface area contributed by atoms with Gasteiger partial charge in [-0.3, -0.25) is 24.8 Å². The van der Waals surface area contributed by atoms with E-state index in [0.717, 1.165) is 5.56 Å². The lowest BCUT2D eigenvalue weighted by atomic mass is 10.1. The van der Waals surface area contributed by atoms with E-state index in [1.807, 2.05) is 30.9 Å². The number of anilines is 1. The number of amides is 1. The molecule has 0 fully saturated rings. The molecule has 2 aromatic rings. The smallest absolute Gasteiger partial charge is 0.271 e. The minimum absolute atomic E-state index is 0.0248. The summed E-state index contributed by atoms with van der Waals surface area (Å²) in [4.78, 5) is 28.6. The van der Waals surface area contributed by atoms with E-state index < -0.39 is 4.92 Å². The number of nitrogens with one attached hydrogen (secondary N) is 1. The topological polar surface area (TPSA) is 88.4 Å². The molecule has 1 aromatic carbocycles. The van der Waals surface area contributed by atoms with Crippen LogP contribution in [0.3, 0.4) is 0 Å². The van der Waals surface area contributed by atoms with Gasteiger partial charge in [0, 0.05) is 30.6 Å². The molecule has 0 aliphatic rings. The first kappa shape index (κ1) is 18.8. The lowest BCUT2D eigenvalue weighted by Gasteiger charge is -2.27. The molecule has 0 saturated carbocycles. The molecule has 0 aliphatic heterocycles. The summed E-state index contributed by atoms with van der Waals surface area (Å²) < 4.78 is 0. The van der Waals surface area contributed by atoms with Crippen LogP contribution in [0.4, 0.5) is 11.4 Å². The largest absolute Gasteiger partial charge is 0.324 e. The third-order valence-corrected chi connectivity index (χ3v) is 4.22. The Balaban J connectivity index is 2.04. The van der Waals surface area contributed by atoms with Crippen LogP contribution >= 0.6 is 11.6 Å². The highest BCUT2D eigenvalue weighted by atomic mass is 35.5. The molecule has 132 valence electrons. The maximum atomic E-state index is 12.3. The van der Waals surface area contributed by atoms with Crippen molar-refractivity contribution in [2.45, 2.75) is 19.9 Å². The molecule has 1 unspecified atom stereocenters. The van der Waals surface area contributed by atoms with Gasteiger partial charge in [-0.1, -0.05) is 24.6 Å². The van der Waals surface area contributed by atoms with Gasteiger partial charge in [0.25, 0.3) is 5.69 Å². The monoisotopic (exact) mass is 362 g/mol. The highest BCUT2D eigenvalue weighted by Crippen LogP contribution is 2.27. The van der Waals surface area contributed by atoms with Crippen molar-refractivity contribution in [3.05, 3.63) is 63.4 Å². The molecular formula is C17H19ClN4O3.